The zero-order chi connectivity index (χ0) is 10.7. The van der Waals surface area contributed by atoms with Gasteiger partial charge in [0.2, 0.25) is 5.89 Å². The number of hydrogen-bond donors (Lipinski definition) is 1. The van der Waals surface area contributed by atoms with Gasteiger partial charge in [-0.15, -0.1) is 0 Å². The Kier molecular flexibility index (Phi) is 3.36. The highest BCUT2D eigenvalue weighted by atomic mass is 16.5. The molecular formula is C11H19N3O. The largest absolute Gasteiger partial charge is 0.339 e. The van der Waals surface area contributed by atoms with Gasteiger partial charge in [0, 0.05) is 12.8 Å². The summed E-state index contributed by atoms with van der Waals surface area (Å²) in [7, 11) is 0. The molecule has 0 saturated carbocycles. The second-order valence-corrected chi connectivity index (χ2v) is 4.77. The lowest BCUT2D eigenvalue weighted by Gasteiger charge is -2.25. The Hall–Kier alpha value is -0.900. The molecule has 0 spiro atoms. The van der Waals surface area contributed by atoms with E-state index in [1.165, 1.54) is 0 Å². The van der Waals surface area contributed by atoms with E-state index in [-0.39, 0.29) is 0 Å². The van der Waals surface area contributed by atoms with Gasteiger partial charge in [0.15, 0.2) is 5.82 Å². The summed E-state index contributed by atoms with van der Waals surface area (Å²) in [6.07, 6.45) is 3.00. The van der Waals surface area contributed by atoms with Gasteiger partial charge in [0.1, 0.15) is 0 Å². The number of nitrogens with one attached hydrogen (secondary N) is 1. The lowest BCUT2D eigenvalue weighted by Crippen LogP contribution is -2.43. The first kappa shape index (κ1) is 10.6. The average molecular weight is 209 g/mol. The van der Waals surface area contributed by atoms with Crippen LogP contribution >= 0.6 is 0 Å². The minimum absolute atomic E-state index is 0.697. The number of rotatable bonds is 5. The highest BCUT2D eigenvalue weighted by molar-refractivity contribution is 4.91. The summed E-state index contributed by atoms with van der Waals surface area (Å²) in [6, 6.07) is 0. The predicted molar refractivity (Wildman–Crippen MR) is 57.5 cm³/mol. The Morgan fingerprint density at radius 1 is 1.47 bits per heavy atom. The minimum Gasteiger partial charge on any atom is -0.339 e. The third kappa shape index (κ3) is 3.02. The lowest BCUT2D eigenvalue weighted by molar-refractivity contribution is 0.294. The molecule has 0 unspecified atom stereocenters. The fraction of sp³-hybridized carbons (Fsp3) is 0.818. The van der Waals surface area contributed by atoms with E-state index in [9.17, 15) is 0 Å². The van der Waals surface area contributed by atoms with Gasteiger partial charge in [-0.3, -0.25) is 0 Å². The number of nitrogens with zero attached hydrogens (tertiary/aromatic N) is 2. The Morgan fingerprint density at radius 3 is 2.87 bits per heavy atom. The van der Waals surface area contributed by atoms with E-state index in [1.807, 2.05) is 0 Å². The molecule has 1 aromatic heterocycles. The molecule has 0 aromatic carbocycles. The van der Waals surface area contributed by atoms with Crippen LogP contribution in [0.2, 0.25) is 0 Å². The molecule has 84 valence electrons. The van der Waals surface area contributed by atoms with Crippen molar-refractivity contribution in [3.63, 3.8) is 0 Å². The van der Waals surface area contributed by atoms with Crippen LogP contribution in [0.4, 0.5) is 0 Å². The Bertz CT molecular complexity index is 305. The molecule has 4 nitrogen and oxygen atoms in total. The zero-order valence-electron chi connectivity index (χ0n) is 9.49. The van der Waals surface area contributed by atoms with E-state index >= 15 is 0 Å². The van der Waals surface area contributed by atoms with Gasteiger partial charge < -0.3 is 9.84 Å². The van der Waals surface area contributed by atoms with Gasteiger partial charge in [-0.1, -0.05) is 19.0 Å². The van der Waals surface area contributed by atoms with Crippen LogP contribution in [-0.4, -0.2) is 23.2 Å². The van der Waals surface area contributed by atoms with E-state index in [2.05, 4.69) is 29.3 Å². The van der Waals surface area contributed by atoms with Crippen molar-refractivity contribution < 1.29 is 4.52 Å². The molecule has 0 radical (unpaired) electrons. The monoisotopic (exact) mass is 209 g/mol. The number of hydrogen-bond acceptors (Lipinski definition) is 4. The van der Waals surface area contributed by atoms with Gasteiger partial charge in [-0.05, 0) is 31.3 Å². The maximum absolute atomic E-state index is 5.21. The van der Waals surface area contributed by atoms with Crippen LogP contribution < -0.4 is 5.32 Å². The molecule has 1 aliphatic rings. The fourth-order valence-corrected chi connectivity index (χ4v) is 1.63. The number of aromatic nitrogens is 2. The van der Waals surface area contributed by atoms with Crippen molar-refractivity contribution in [3.05, 3.63) is 11.7 Å². The third-order valence-corrected chi connectivity index (χ3v) is 2.78. The Morgan fingerprint density at radius 2 is 2.27 bits per heavy atom. The van der Waals surface area contributed by atoms with Gasteiger partial charge in [-0.2, -0.15) is 4.98 Å². The molecule has 1 fully saturated rings. The molecule has 2 heterocycles. The molecule has 0 amide bonds. The first-order valence-corrected chi connectivity index (χ1v) is 5.76. The SMILES string of the molecule is CC(C)CCc1noc(CC2CNC2)n1. The maximum Gasteiger partial charge on any atom is 0.227 e. The summed E-state index contributed by atoms with van der Waals surface area (Å²) < 4.78 is 5.21. The highest BCUT2D eigenvalue weighted by Gasteiger charge is 2.20. The summed E-state index contributed by atoms with van der Waals surface area (Å²) in [5.41, 5.74) is 0. The van der Waals surface area contributed by atoms with Crippen molar-refractivity contribution >= 4 is 0 Å². The molecule has 0 atom stereocenters. The van der Waals surface area contributed by atoms with Crippen molar-refractivity contribution in [1.82, 2.24) is 15.5 Å². The summed E-state index contributed by atoms with van der Waals surface area (Å²) in [4.78, 5) is 4.40. The van der Waals surface area contributed by atoms with Crippen LogP contribution in [0.5, 0.6) is 0 Å². The predicted octanol–water partition coefficient (Wildman–Crippen LogP) is 1.42. The molecular weight excluding hydrogens is 190 g/mol. The first-order chi connectivity index (χ1) is 7.24. The fourth-order valence-electron chi connectivity index (χ4n) is 1.63. The van der Waals surface area contributed by atoms with E-state index in [0.29, 0.717) is 11.8 Å². The summed E-state index contributed by atoms with van der Waals surface area (Å²) in [5, 5.41) is 7.23. The van der Waals surface area contributed by atoms with Crippen LogP contribution in [0.3, 0.4) is 0 Å². The quantitative estimate of drug-likeness (QED) is 0.797. The summed E-state index contributed by atoms with van der Waals surface area (Å²) in [5.74, 6) is 3.07. The van der Waals surface area contributed by atoms with E-state index in [1.54, 1.807) is 0 Å². The van der Waals surface area contributed by atoms with Crippen molar-refractivity contribution in [2.75, 3.05) is 13.1 Å². The lowest BCUT2D eigenvalue weighted by atomic mass is 10.00. The topological polar surface area (TPSA) is 51.0 Å². The van der Waals surface area contributed by atoms with E-state index < -0.39 is 0 Å². The molecule has 1 saturated heterocycles. The van der Waals surface area contributed by atoms with Crippen LogP contribution in [0.15, 0.2) is 4.52 Å². The molecule has 4 heteroatoms. The smallest absolute Gasteiger partial charge is 0.227 e. The highest BCUT2D eigenvalue weighted by Crippen LogP contribution is 2.12. The maximum atomic E-state index is 5.21. The number of aryl methyl sites for hydroxylation is 1. The van der Waals surface area contributed by atoms with E-state index in [0.717, 1.165) is 44.1 Å². The van der Waals surface area contributed by atoms with Gasteiger partial charge >= 0.3 is 0 Å². The van der Waals surface area contributed by atoms with Crippen molar-refractivity contribution in [3.8, 4) is 0 Å². The van der Waals surface area contributed by atoms with Gasteiger partial charge in [-0.25, -0.2) is 0 Å². The van der Waals surface area contributed by atoms with Crippen LogP contribution in [0.1, 0.15) is 32.0 Å². The second-order valence-electron chi connectivity index (χ2n) is 4.77. The Balaban J connectivity index is 1.80. The van der Waals surface area contributed by atoms with Crippen molar-refractivity contribution in [1.29, 1.82) is 0 Å². The molecule has 2 rings (SSSR count). The molecule has 0 aliphatic carbocycles. The standard InChI is InChI=1S/C11H19N3O/c1-8(2)3-4-10-13-11(15-14-10)5-9-6-12-7-9/h8-9,12H,3-7H2,1-2H3. The minimum atomic E-state index is 0.697. The Labute approximate surface area is 90.4 Å². The first-order valence-electron chi connectivity index (χ1n) is 5.76. The average Bonchev–Trinajstić information content (AvgIpc) is 2.56. The van der Waals surface area contributed by atoms with Crippen LogP contribution in [0, 0.1) is 11.8 Å². The molecule has 1 N–H and O–H groups in total. The van der Waals surface area contributed by atoms with E-state index in [4.69, 9.17) is 4.52 Å². The second kappa shape index (κ2) is 4.75. The summed E-state index contributed by atoms with van der Waals surface area (Å²) >= 11 is 0. The molecule has 1 aromatic rings. The third-order valence-electron chi connectivity index (χ3n) is 2.78. The van der Waals surface area contributed by atoms with Gasteiger partial charge in [0.05, 0.1) is 0 Å². The summed E-state index contributed by atoms with van der Waals surface area (Å²) in [6.45, 7) is 6.59. The molecule has 15 heavy (non-hydrogen) atoms. The van der Waals surface area contributed by atoms with Crippen molar-refractivity contribution in [2.45, 2.75) is 33.1 Å². The molecule has 0 bridgehead atoms. The zero-order valence-corrected chi connectivity index (χ0v) is 9.49. The van der Waals surface area contributed by atoms with Crippen LogP contribution in [-0.2, 0) is 12.8 Å². The van der Waals surface area contributed by atoms with Gasteiger partial charge in [0.25, 0.3) is 0 Å². The molecule has 1 aliphatic heterocycles. The van der Waals surface area contributed by atoms with Crippen LogP contribution in [0.25, 0.3) is 0 Å². The van der Waals surface area contributed by atoms with Crippen molar-refractivity contribution in [2.24, 2.45) is 11.8 Å². The normalized spacial score (nSPS) is 17.0.